The second-order valence-electron chi connectivity index (χ2n) is 10.8. The molecule has 6 aromatic rings. The van der Waals surface area contributed by atoms with Crippen LogP contribution >= 0.6 is 0 Å². The summed E-state index contributed by atoms with van der Waals surface area (Å²) in [6.07, 6.45) is 0. The number of hydrogen-bond acceptors (Lipinski definition) is 4. The van der Waals surface area contributed by atoms with Crippen LogP contribution in [0, 0.1) is 0 Å². The van der Waals surface area contributed by atoms with Crippen molar-refractivity contribution in [3.05, 3.63) is 179 Å². The largest absolute Gasteiger partial charge is 0.399 e. The van der Waals surface area contributed by atoms with Crippen molar-refractivity contribution in [1.29, 1.82) is 0 Å². The van der Waals surface area contributed by atoms with Crippen molar-refractivity contribution in [2.75, 3.05) is 22.9 Å². The van der Waals surface area contributed by atoms with Gasteiger partial charge in [-0.3, -0.25) is 0 Å². The van der Waals surface area contributed by atoms with Crippen molar-refractivity contribution in [2.45, 2.75) is 11.8 Å². The van der Waals surface area contributed by atoms with Gasteiger partial charge < -0.3 is 22.9 Å². The Morgan fingerprint density at radius 1 is 0.238 bits per heavy atom. The van der Waals surface area contributed by atoms with Crippen LogP contribution in [0.15, 0.2) is 146 Å². The van der Waals surface area contributed by atoms with Gasteiger partial charge >= 0.3 is 0 Å². The predicted octanol–water partition coefficient (Wildman–Crippen LogP) is 8.04. The topological polar surface area (TPSA) is 104 Å². The molecule has 0 fully saturated rings. The molecule has 0 saturated carbocycles. The SMILES string of the molecule is Nc1ccc(C(c2ccc(N)cc2)c2ccc(-c3ccc(C(c4ccc(N)cc4)c4ccc(N)cc4)cc3)cc2)cc1. The van der Waals surface area contributed by atoms with Gasteiger partial charge in [-0.2, -0.15) is 0 Å². The lowest BCUT2D eigenvalue weighted by atomic mass is 9.83. The maximum absolute atomic E-state index is 5.99. The summed E-state index contributed by atoms with van der Waals surface area (Å²) in [5.41, 5.74) is 36.4. The fourth-order valence-electron chi connectivity index (χ4n) is 5.64. The Balaban J connectivity index is 1.31. The van der Waals surface area contributed by atoms with Gasteiger partial charge in [0.2, 0.25) is 0 Å². The third-order valence-electron chi connectivity index (χ3n) is 7.90. The van der Waals surface area contributed by atoms with Crippen LogP contribution in [0.1, 0.15) is 45.2 Å². The molecular formula is C38H34N4. The smallest absolute Gasteiger partial charge is 0.0340 e. The van der Waals surface area contributed by atoms with Gasteiger partial charge in [-0.1, -0.05) is 97.1 Å². The first-order valence-corrected chi connectivity index (χ1v) is 14.1. The molecular weight excluding hydrogens is 512 g/mol. The van der Waals surface area contributed by atoms with Gasteiger partial charge in [0.1, 0.15) is 0 Å². The van der Waals surface area contributed by atoms with Crippen LogP contribution in [0.2, 0.25) is 0 Å². The van der Waals surface area contributed by atoms with Crippen LogP contribution in [0.3, 0.4) is 0 Å². The number of rotatable bonds is 7. The predicted molar refractivity (Wildman–Crippen MR) is 177 cm³/mol. The molecule has 0 aliphatic heterocycles. The van der Waals surface area contributed by atoms with Crippen molar-refractivity contribution in [3.63, 3.8) is 0 Å². The van der Waals surface area contributed by atoms with E-state index in [-0.39, 0.29) is 11.8 Å². The molecule has 0 radical (unpaired) electrons. The fraction of sp³-hybridized carbons (Fsp3) is 0.0526. The maximum Gasteiger partial charge on any atom is 0.0340 e. The van der Waals surface area contributed by atoms with Crippen LogP contribution in [0.25, 0.3) is 11.1 Å². The zero-order chi connectivity index (χ0) is 29.1. The second kappa shape index (κ2) is 11.6. The van der Waals surface area contributed by atoms with E-state index in [1.165, 1.54) is 33.4 Å². The van der Waals surface area contributed by atoms with Gasteiger partial charge in [0.25, 0.3) is 0 Å². The minimum absolute atomic E-state index is 0.0724. The van der Waals surface area contributed by atoms with Crippen LogP contribution < -0.4 is 22.9 Å². The van der Waals surface area contributed by atoms with Gasteiger partial charge in [-0.15, -0.1) is 0 Å². The quantitative estimate of drug-likeness (QED) is 0.120. The van der Waals surface area contributed by atoms with Crippen molar-refractivity contribution in [2.24, 2.45) is 0 Å². The molecule has 4 nitrogen and oxygen atoms in total. The molecule has 0 saturated heterocycles. The standard InChI is InChI=1S/C38H34N4/c39-33-17-9-29(10-18-33)37(30-11-19-34(40)20-12-30)27-5-1-25(2-6-27)26-3-7-28(8-4-26)38(31-13-21-35(41)22-14-31)32-15-23-36(42)24-16-32/h1-24,37-38H,39-42H2. The van der Waals surface area contributed by atoms with Crippen LogP contribution in [-0.2, 0) is 0 Å². The molecule has 0 aromatic heterocycles. The zero-order valence-electron chi connectivity index (χ0n) is 23.3. The lowest BCUT2D eigenvalue weighted by Crippen LogP contribution is -2.04. The molecule has 206 valence electrons. The molecule has 0 aliphatic carbocycles. The normalized spacial score (nSPS) is 11.2. The highest BCUT2D eigenvalue weighted by molar-refractivity contribution is 5.65. The van der Waals surface area contributed by atoms with E-state index in [2.05, 4.69) is 97.1 Å². The Morgan fingerprint density at radius 2 is 0.405 bits per heavy atom. The third-order valence-corrected chi connectivity index (χ3v) is 7.90. The number of nitrogen functional groups attached to an aromatic ring is 4. The first kappa shape index (κ1) is 26.7. The van der Waals surface area contributed by atoms with E-state index < -0.39 is 0 Å². The number of benzene rings is 6. The summed E-state index contributed by atoms with van der Waals surface area (Å²) in [6.45, 7) is 0. The number of anilines is 4. The average Bonchev–Trinajstić information content (AvgIpc) is 3.02. The average molecular weight is 547 g/mol. The van der Waals surface area contributed by atoms with Gasteiger partial charge in [0.05, 0.1) is 0 Å². The van der Waals surface area contributed by atoms with Gasteiger partial charge in [0, 0.05) is 34.6 Å². The molecule has 0 unspecified atom stereocenters. The molecule has 8 N–H and O–H groups in total. The second-order valence-corrected chi connectivity index (χ2v) is 10.8. The maximum atomic E-state index is 5.99. The molecule has 6 rings (SSSR count). The molecule has 0 aliphatic rings. The molecule has 0 atom stereocenters. The van der Waals surface area contributed by atoms with Crippen molar-refractivity contribution in [3.8, 4) is 11.1 Å². The Bertz CT molecular complexity index is 1530. The van der Waals surface area contributed by atoms with E-state index in [9.17, 15) is 0 Å². The molecule has 6 aromatic carbocycles. The summed E-state index contributed by atoms with van der Waals surface area (Å²) >= 11 is 0. The Labute approximate surface area is 247 Å². The Hall–Kier alpha value is -5.48. The molecule has 42 heavy (non-hydrogen) atoms. The summed E-state index contributed by atoms with van der Waals surface area (Å²) in [7, 11) is 0. The third kappa shape index (κ3) is 5.70. The van der Waals surface area contributed by atoms with E-state index in [0.717, 1.165) is 33.9 Å². The molecule has 0 heterocycles. The van der Waals surface area contributed by atoms with E-state index in [1.54, 1.807) is 0 Å². The lowest BCUT2D eigenvalue weighted by molar-refractivity contribution is 0.977. The zero-order valence-corrected chi connectivity index (χ0v) is 23.3. The van der Waals surface area contributed by atoms with Gasteiger partial charge in [-0.05, 0) is 93.0 Å². The number of nitrogens with two attached hydrogens (primary N) is 4. The van der Waals surface area contributed by atoms with Gasteiger partial charge in [-0.25, -0.2) is 0 Å². The molecule has 0 amide bonds. The minimum Gasteiger partial charge on any atom is -0.399 e. The fourth-order valence-corrected chi connectivity index (χ4v) is 5.64. The number of hydrogen-bond donors (Lipinski definition) is 4. The van der Waals surface area contributed by atoms with Crippen LogP contribution in [0.4, 0.5) is 22.7 Å². The van der Waals surface area contributed by atoms with E-state index in [1.807, 2.05) is 48.5 Å². The highest BCUT2D eigenvalue weighted by Gasteiger charge is 2.19. The summed E-state index contributed by atoms with van der Waals surface area (Å²) < 4.78 is 0. The molecule has 0 bridgehead atoms. The molecule has 4 heteroatoms. The van der Waals surface area contributed by atoms with Gasteiger partial charge in [0.15, 0.2) is 0 Å². The highest BCUT2D eigenvalue weighted by Crippen LogP contribution is 2.36. The summed E-state index contributed by atoms with van der Waals surface area (Å²) in [5.74, 6) is 0.145. The minimum atomic E-state index is 0.0724. The Morgan fingerprint density at radius 3 is 0.595 bits per heavy atom. The van der Waals surface area contributed by atoms with E-state index >= 15 is 0 Å². The summed E-state index contributed by atoms with van der Waals surface area (Å²) in [6, 6.07) is 50.1. The lowest BCUT2D eigenvalue weighted by Gasteiger charge is -2.20. The van der Waals surface area contributed by atoms with Crippen molar-refractivity contribution < 1.29 is 0 Å². The summed E-state index contributed by atoms with van der Waals surface area (Å²) in [5, 5.41) is 0. The summed E-state index contributed by atoms with van der Waals surface area (Å²) in [4.78, 5) is 0. The first-order valence-electron chi connectivity index (χ1n) is 14.1. The van der Waals surface area contributed by atoms with Crippen LogP contribution in [0.5, 0.6) is 0 Å². The molecule has 0 spiro atoms. The first-order chi connectivity index (χ1) is 20.4. The van der Waals surface area contributed by atoms with E-state index in [0.29, 0.717) is 0 Å². The van der Waals surface area contributed by atoms with E-state index in [4.69, 9.17) is 22.9 Å². The van der Waals surface area contributed by atoms with Crippen molar-refractivity contribution in [1.82, 2.24) is 0 Å². The van der Waals surface area contributed by atoms with Crippen LogP contribution in [-0.4, -0.2) is 0 Å². The monoisotopic (exact) mass is 546 g/mol. The van der Waals surface area contributed by atoms with Crippen molar-refractivity contribution >= 4 is 22.7 Å². The highest BCUT2D eigenvalue weighted by atomic mass is 14.5. The Kier molecular flexibility index (Phi) is 7.35.